The SMILES string of the molecule is Cl.NCc1ccc(-c2noc(-c3ccccc3OCC3CCCO3)n2)cc1. The number of ether oxygens (including phenoxy) is 2. The van der Waals surface area contributed by atoms with E-state index in [1.54, 1.807) is 0 Å². The quantitative estimate of drug-likeness (QED) is 0.691. The molecule has 1 atom stereocenters. The van der Waals surface area contributed by atoms with Gasteiger partial charge in [0, 0.05) is 18.7 Å². The first-order valence-corrected chi connectivity index (χ1v) is 8.80. The number of para-hydroxylation sites is 1. The molecule has 7 heteroatoms. The van der Waals surface area contributed by atoms with Crippen molar-refractivity contribution in [1.29, 1.82) is 0 Å². The third kappa shape index (κ3) is 4.47. The lowest BCUT2D eigenvalue weighted by molar-refractivity contribution is 0.0681. The molecule has 1 saturated heterocycles. The molecule has 3 aromatic rings. The number of hydrogen-bond acceptors (Lipinski definition) is 6. The highest BCUT2D eigenvalue weighted by Gasteiger charge is 2.19. The van der Waals surface area contributed by atoms with Crippen molar-refractivity contribution in [2.75, 3.05) is 13.2 Å². The van der Waals surface area contributed by atoms with Gasteiger partial charge < -0.3 is 19.7 Å². The van der Waals surface area contributed by atoms with E-state index in [4.69, 9.17) is 19.7 Å². The van der Waals surface area contributed by atoms with E-state index in [1.807, 2.05) is 48.5 Å². The predicted octanol–water partition coefficient (Wildman–Crippen LogP) is 3.84. The zero-order chi connectivity index (χ0) is 17.8. The fourth-order valence-corrected chi connectivity index (χ4v) is 2.97. The molecule has 4 rings (SSSR count). The van der Waals surface area contributed by atoms with E-state index < -0.39 is 0 Å². The Bertz CT molecular complexity index is 861. The van der Waals surface area contributed by atoms with Crippen molar-refractivity contribution in [3.05, 3.63) is 54.1 Å². The van der Waals surface area contributed by atoms with Crippen LogP contribution in [0.5, 0.6) is 5.75 Å². The van der Waals surface area contributed by atoms with Gasteiger partial charge in [0.2, 0.25) is 5.82 Å². The van der Waals surface area contributed by atoms with Crippen molar-refractivity contribution < 1.29 is 14.0 Å². The lowest BCUT2D eigenvalue weighted by atomic mass is 10.1. The van der Waals surface area contributed by atoms with Crippen LogP contribution in [0, 0.1) is 0 Å². The van der Waals surface area contributed by atoms with Crippen LogP contribution in [-0.4, -0.2) is 29.5 Å². The molecule has 0 amide bonds. The molecule has 1 aliphatic rings. The molecule has 2 heterocycles. The van der Waals surface area contributed by atoms with Crippen LogP contribution < -0.4 is 10.5 Å². The summed E-state index contributed by atoms with van der Waals surface area (Å²) in [6.07, 6.45) is 2.28. The van der Waals surface area contributed by atoms with Crippen LogP contribution in [0.4, 0.5) is 0 Å². The fraction of sp³-hybridized carbons (Fsp3) is 0.300. The van der Waals surface area contributed by atoms with Gasteiger partial charge in [-0.2, -0.15) is 4.98 Å². The van der Waals surface area contributed by atoms with E-state index in [-0.39, 0.29) is 18.5 Å². The largest absolute Gasteiger partial charge is 0.490 e. The first kappa shape index (κ1) is 19.4. The maximum atomic E-state index is 5.95. The fourth-order valence-electron chi connectivity index (χ4n) is 2.97. The molecule has 1 fully saturated rings. The summed E-state index contributed by atoms with van der Waals surface area (Å²) in [5.74, 6) is 1.69. The van der Waals surface area contributed by atoms with Crippen LogP contribution >= 0.6 is 12.4 Å². The normalized spacial score (nSPS) is 16.1. The van der Waals surface area contributed by atoms with E-state index >= 15 is 0 Å². The van der Waals surface area contributed by atoms with Crippen molar-refractivity contribution in [2.45, 2.75) is 25.5 Å². The van der Waals surface area contributed by atoms with Gasteiger partial charge in [-0.05, 0) is 30.5 Å². The molecule has 0 saturated carbocycles. The highest BCUT2D eigenvalue weighted by Crippen LogP contribution is 2.30. The van der Waals surface area contributed by atoms with E-state index in [0.717, 1.165) is 41.9 Å². The summed E-state index contributed by atoms with van der Waals surface area (Å²) in [7, 11) is 0. The van der Waals surface area contributed by atoms with Gasteiger partial charge >= 0.3 is 0 Å². The van der Waals surface area contributed by atoms with Crippen molar-refractivity contribution in [3.63, 3.8) is 0 Å². The summed E-state index contributed by atoms with van der Waals surface area (Å²) in [6.45, 7) is 1.84. The van der Waals surface area contributed by atoms with Gasteiger partial charge in [-0.3, -0.25) is 0 Å². The van der Waals surface area contributed by atoms with Crippen molar-refractivity contribution in [2.24, 2.45) is 5.73 Å². The molecular weight excluding hydrogens is 366 g/mol. The summed E-state index contributed by atoms with van der Waals surface area (Å²) in [4.78, 5) is 4.53. The Morgan fingerprint density at radius 3 is 2.67 bits per heavy atom. The zero-order valence-corrected chi connectivity index (χ0v) is 15.7. The minimum Gasteiger partial charge on any atom is -0.490 e. The number of halogens is 1. The van der Waals surface area contributed by atoms with Crippen molar-refractivity contribution >= 4 is 12.4 Å². The standard InChI is InChI=1S/C20H21N3O3.ClH/c21-12-14-7-9-15(10-8-14)19-22-20(26-23-19)17-5-1-2-6-18(17)25-13-16-4-3-11-24-16;/h1-2,5-10,16H,3-4,11-13,21H2;1H. The van der Waals surface area contributed by atoms with Crippen LogP contribution in [0.1, 0.15) is 18.4 Å². The highest BCUT2D eigenvalue weighted by atomic mass is 35.5. The Morgan fingerprint density at radius 1 is 1.11 bits per heavy atom. The molecule has 0 aliphatic carbocycles. The lowest BCUT2D eigenvalue weighted by Crippen LogP contribution is -2.16. The summed E-state index contributed by atoms with van der Waals surface area (Å²) >= 11 is 0. The molecule has 0 bridgehead atoms. The second-order valence-electron chi connectivity index (χ2n) is 6.27. The molecule has 0 spiro atoms. The lowest BCUT2D eigenvalue weighted by Gasteiger charge is -2.13. The van der Waals surface area contributed by atoms with Gasteiger partial charge in [0.25, 0.3) is 5.89 Å². The molecule has 1 aliphatic heterocycles. The molecule has 2 aromatic carbocycles. The van der Waals surface area contributed by atoms with E-state index in [2.05, 4.69) is 10.1 Å². The molecule has 6 nitrogen and oxygen atoms in total. The molecule has 1 unspecified atom stereocenters. The van der Waals surface area contributed by atoms with E-state index in [1.165, 1.54) is 0 Å². The summed E-state index contributed by atoms with van der Waals surface area (Å²) in [5, 5.41) is 4.10. The van der Waals surface area contributed by atoms with Crippen molar-refractivity contribution in [1.82, 2.24) is 10.1 Å². The van der Waals surface area contributed by atoms with Crippen LogP contribution in [0.25, 0.3) is 22.8 Å². The Morgan fingerprint density at radius 2 is 1.93 bits per heavy atom. The smallest absolute Gasteiger partial charge is 0.262 e. The highest BCUT2D eigenvalue weighted by molar-refractivity contribution is 5.85. The van der Waals surface area contributed by atoms with Gasteiger partial charge in [-0.25, -0.2) is 0 Å². The molecular formula is C20H22ClN3O3. The number of nitrogens with zero attached hydrogens (tertiary/aromatic N) is 2. The maximum absolute atomic E-state index is 5.95. The number of nitrogens with two attached hydrogens (primary N) is 1. The summed E-state index contributed by atoms with van der Waals surface area (Å²) in [6, 6.07) is 15.5. The zero-order valence-electron chi connectivity index (χ0n) is 14.8. The van der Waals surface area contributed by atoms with Crippen LogP contribution in [-0.2, 0) is 11.3 Å². The average Bonchev–Trinajstić information content (AvgIpc) is 3.39. The van der Waals surface area contributed by atoms with Crippen LogP contribution in [0.15, 0.2) is 53.1 Å². The van der Waals surface area contributed by atoms with E-state index in [9.17, 15) is 0 Å². The van der Waals surface area contributed by atoms with Gasteiger partial charge in [0.1, 0.15) is 12.4 Å². The third-order valence-corrected chi connectivity index (χ3v) is 4.44. The first-order chi connectivity index (χ1) is 12.8. The van der Waals surface area contributed by atoms with Gasteiger partial charge in [-0.15, -0.1) is 12.4 Å². The number of hydrogen-bond donors (Lipinski definition) is 1. The average molecular weight is 388 g/mol. The minimum atomic E-state index is 0. The minimum absolute atomic E-state index is 0. The second kappa shape index (κ2) is 8.99. The first-order valence-electron chi connectivity index (χ1n) is 8.80. The van der Waals surface area contributed by atoms with Crippen LogP contribution in [0.2, 0.25) is 0 Å². The van der Waals surface area contributed by atoms with Gasteiger partial charge in [0.15, 0.2) is 0 Å². The predicted molar refractivity (Wildman–Crippen MR) is 105 cm³/mol. The van der Waals surface area contributed by atoms with Crippen molar-refractivity contribution in [3.8, 4) is 28.6 Å². The topological polar surface area (TPSA) is 83.4 Å². The Balaban J connectivity index is 0.00000210. The number of rotatable bonds is 6. The Hall–Kier alpha value is -2.41. The molecule has 0 radical (unpaired) electrons. The number of benzene rings is 2. The van der Waals surface area contributed by atoms with Gasteiger partial charge in [-0.1, -0.05) is 41.6 Å². The molecule has 2 N–H and O–H groups in total. The molecule has 1 aromatic heterocycles. The maximum Gasteiger partial charge on any atom is 0.262 e. The molecule has 27 heavy (non-hydrogen) atoms. The van der Waals surface area contributed by atoms with Crippen LogP contribution in [0.3, 0.4) is 0 Å². The van der Waals surface area contributed by atoms with E-state index in [0.29, 0.717) is 24.9 Å². The Labute approximate surface area is 164 Å². The summed E-state index contributed by atoms with van der Waals surface area (Å²) in [5.41, 5.74) is 8.36. The Kier molecular flexibility index (Phi) is 6.45. The monoisotopic (exact) mass is 387 g/mol. The number of aromatic nitrogens is 2. The molecule has 142 valence electrons. The third-order valence-electron chi connectivity index (χ3n) is 4.44. The second-order valence-corrected chi connectivity index (χ2v) is 6.27. The van der Waals surface area contributed by atoms with Gasteiger partial charge in [0.05, 0.1) is 11.7 Å². The summed E-state index contributed by atoms with van der Waals surface area (Å²) < 4.78 is 17.0.